The Morgan fingerprint density at radius 3 is 2.54 bits per heavy atom. The number of sulfone groups is 1. The van der Waals surface area contributed by atoms with E-state index >= 15 is 0 Å². The Morgan fingerprint density at radius 2 is 2.08 bits per heavy atom. The molecule has 6 heteroatoms. The van der Waals surface area contributed by atoms with Crippen molar-refractivity contribution in [3.8, 4) is 0 Å². The first-order chi connectivity index (χ1) is 5.98. The molecule has 0 unspecified atom stereocenters. The Morgan fingerprint density at radius 1 is 1.46 bits per heavy atom. The number of nitrogens with one attached hydrogen (secondary N) is 1. The summed E-state index contributed by atoms with van der Waals surface area (Å²) in [5.41, 5.74) is 5.07. The topological polar surface area (TPSA) is 84.0 Å². The zero-order valence-electron chi connectivity index (χ0n) is 7.75. The number of rotatable bonds is 6. The van der Waals surface area contributed by atoms with Crippen molar-refractivity contribution in [1.82, 2.24) is 0 Å². The Kier molecular flexibility index (Phi) is 6.15. The lowest BCUT2D eigenvalue weighted by atomic mass is 10.4. The van der Waals surface area contributed by atoms with Crippen molar-refractivity contribution in [2.75, 3.05) is 17.3 Å². The summed E-state index contributed by atoms with van der Waals surface area (Å²) in [6.45, 7) is 1.96. The van der Waals surface area contributed by atoms with Crippen LogP contribution < -0.4 is 5.73 Å². The van der Waals surface area contributed by atoms with Gasteiger partial charge in [0.05, 0.1) is 11.5 Å². The number of hydrogen-bond acceptors (Lipinski definition) is 4. The summed E-state index contributed by atoms with van der Waals surface area (Å²) in [7, 11) is -2.91. The highest BCUT2D eigenvalue weighted by atomic mass is 32.2. The fourth-order valence-electron chi connectivity index (χ4n) is 0.745. The molecule has 3 N–H and O–H groups in total. The Hall–Kier alpha value is -0.230. The van der Waals surface area contributed by atoms with Gasteiger partial charge in [0, 0.05) is 5.75 Å². The summed E-state index contributed by atoms with van der Waals surface area (Å²) in [5, 5.41) is 6.86. The van der Waals surface area contributed by atoms with Crippen LogP contribution in [0.1, 0.15) is 19.8 Å². The van der Waals surface area contributed by atoms with Crippen LogP contribution in [0.3, 0.4) is 0 Å². The predicted octanol–water partition coefficient (Wildman–Crippen LogP) is 0.828. The van der Waals surface area contributed by atoms with Gasteiger partial charge in [0.2, 0.25) is 0 Å². The molecule has 0 spiro atoms. The van der Waals surface area contributed by atoms with E-state index in [4.69, 9.17) is 11.1 Å². The third-order valence-corrected chi connectivity index (χ3v) is 4.18. The molecule has 78 valence electrons. The van der Waals surface area contributed by atoms with Crippen molar-refractivity contribution in [3.63, 3.8) is 0 Å². The van der Waals surface area contributed by atoms with Gasteiger partial charge in [-0.25, -0.2) is 8.42 Å². The van der Waals surface area contributed by atoms with E-state index in [0.717, 1.165) is 18.2 Å². The molecule has 0 rings (SSSR count). The first-order valence-corrected chi connectivity index (χ1v) is 6.96. The molecule has 0 heterocycles. The Bertz CT molecular complexity index is 249. The highest BCUT2D eigenvalue weighted by molar-refractivity contribution is 8.14. The summed E-state index contributed by atoms with van der Waals surface area (Å²) in [6.07, 6.45) is 1.60. The first kappa shape index (κ1) is 12.8. The van der Waals surface area contributed by atoms with E-state index in [2.05, 4.69) is 0 Å². The molecule has 0 bridgehead atoms. The quantitative estimate of drug-likeness (QED) is 0.517. The summed E-state index contributed by atoms with van der Waals surface area (Å²) in [5.74, 6) is 0.764. The minimum absolute atomic E-state index is 0.0225. The standard InChI is InChI=1S/C7H16N2O2S2/c1-2-3-5-13(10,11)6-4-12-7(8)9/h2-6H2,1H3,(H3,8,9). The maximum absolute atomic E-state index is 11.2. The Balaban J connectivity index is 3.70. The molecule has 0 aliphatic carbocycles. The van der Waals surface area contributed by atoms with Gasteiger partial charge in [0.1, 0.15) is 0 Å². The van der Waals surface area contributed by atoms with Crippen LogP contribution in [-0.4, -0.2) is 30.8 Å². The van der Waals surface area contributed by atoms with Gasteiger partial charge in [0.15, 0.2) is 15.0 Å². The highest BCUT2D eigenvalue weighted by Crippen LogP contribution is 2.03. The average molecular weight is 224 g/mol. The molecule has 0 amide bonds. The van der Waals surface area contributed by atoms with Crippen molar-refractivity contribution < 1.29 is 8.42 Å². The largest absolute Gasteiger partial charge is 0.379 e. The van der Waals surface area contributed by atoms with E-state index in [-0.39, 0.29) is 16.7 Å². The van der Waals surface area contributed by atoms with Crippen molar-refractivity contribution in [1.29, 1.82) is 5.41 Å². The molecule has 13 heavy (non-hydrogen) atoms. The van der Waals surface area contributed by atoms with Gasteiger partial charge in [0.25, 0.3) is 0 Å². The Labute approximate surface area is 83.7 Å². The number of hydrogen-bond donors (Lipinski definition) is 2. The summed E-state index contributed by atoms with van der Waals surface area (Å²) in [6, 6.07) is 0. The van der Waals surface area contributed by atoms with E-state index in [0.29, 0.717) is 12.2 Å². The van der Waals surface area contributed by atoms with Crippen LogP contribution in [0.2, 0.25) is 0 Å². The SMILES string of the molecule is CCCCS(=O)(=O)CCSC(=N)N. The van der Waals surface area contributed by atoms with Crippen LogP contribution in [0.15, 0.2) is 0 Å². The molecule has 0 aliphatic heterocycles. The lowest BCUT2D eigenvalue weighted by molar-refractivity contribution is 0.594. The van der Waals surface area contributed by atoms with E-state index in [9.17, 15) is 8.42 Å². The minimum Gasteiger partial charge on any atom is -0.379 e. The molecular weight excluding hydrogens is 208 g/mol. The monoisotopic (exact) mass is 224 g/mol. The van der Waals surface area contributed by atoms with Crippen LogP contribution in [-0.2, 0) is 9.84 Å². The second-order valence-electron chi connectivity index (χ2n) is 2.72. The second-order valence-corrected chi connectivity index (χ2v) is 6.16. The van der Waals surface area contributed by atoms with Gasteiger partial charge < -0.3 is 5.73 Å². The first-order valence-electron chi connectivity index (χ1n) is 4.15. The third-order valence-electron chi connectivity index (χ3n) is 1.46. The molecule has 0 aromatic rings. The van der Waals surface area contributed by atoms with Crippen molar-refractivity contribution in [3.05, 3.63) is 0 Å². The zero-order valence-corrected chi connectivity index (χ0v) is 9.38. The molecule has 0 atom stereocenters. The molecular formula is C7H16N2O2S2. The van der Waals surface area contributed by atoms with Crippen LogP contribution in [0.4, 0.5) is 0 Å². The van der Waals surface area contributed by atoms with E-state index in [1.54, 1.807) is 0 Å². The predicted molar refractivity (Wildman–Crippen MR) is 57.9 cm³/mol. The van der Waals surface area contributed by atoms with Crippen LogP contribution in [0.5, 0.6) is 0 Å². The molecule has 4 nitrogen and oxygen atoms in total. The lowest BCUT2D eigenvalue weighted by Gasteiger charge is -2.01. The van der Waals surface area contributed by atoms with E-state index in [1.165, 1.54) is 0 Å². The normalized spacial score (nSPS) is 11.5. The minimum atomic E-state index is -2.91. The number of amidine groups is 1. The summed E-state index contributed by atoms with van der Waals surface area (Å²) >= 11 is 1.07. The van der Waals surface area contributed by atoms with Crippen LogP contribution in [0.25, 0.3) is 0 Å². The molecule has 0 aromatic heterocycles. The van der Waals surface area contributed by atoms with Gasteiger partial charge in [-0.05, 0) is 6.42 Å². The second kappa shape index (κ2) is 6.26. The average Bonchev–Trinajstić information content (AvgIpc) is 2.00. The third kappa shape index (κ3) is 8.11. The molecule has 0 aliphatic rings. The molecule has 0 saturated carbocycles. The number of unbranched alkanes of at least 4 members (excludes halogenated alkanes) is 1. The van der Waals surface area contributed by atoms with Crippen LogP contribution in [0, 0.1) is 5.41 Å². The number of thioether (sulfide) groups is 1. The van der Waals surface area contributed by atoms with Gasteiger partial charge in [-0.2, -0.15) is 0 Å². The zero-order chi connectivity index (χ0) is 10.3. The van der Waals surface area contributed by atoms with Crippen molar-refractivity contribution in [2.24, 2.45) is 5.73 Å². The molecule has 0 saturated heterocycles. The maximum atomic E-state index is 11.2. The molecule has 0 radical (unpaired) electrons. The van der Waals surface area contributed by atoms with Gasteiger partial charge in [-0.3, -0.25) is 5.41 Å². The summed E-state index contributed by atoms with van der Waals surface area (Å²) in [4.78, 5) is 0. The van der Waals surface area contributed by atoms with Crippen LogP contribution >= 0.6 is 11.8 Å². The molecule has 0 aromatic carbocycles. The number of nitrogens with two attached hydrogens (primary N) is 1. The van der Waals surface area contributed by atoms with E-state index < -0.39 is 9.84 Å². The lowest BCUT2D eigenvalue weighted by Crippen LogP contribution is -2.15. The smallest absolute Gasteiger partial charge is 0.151 e. The van der Waals surface area contributed by atoms with Crippen molar-refractivity contribution >= 4 is 26.8 Å². The van der Waals surface area contributed by atoms with E-state index in [1.807, 2.05) is 6.92 Å². The summed E-state index contributed by atoms with van der Waals surface area (Å²) < 4.78 is 22.5. The highest BCUT2D eigenvalue weighted by Gasteiger charge is 2.09. The fraction of sp³-hybridized carbons (Fsp3) is 0.857. The fourth-order valence-corrected chi connectivity index (χ4v) is 3.25. The maximum Gasteiger partial charge on any atom is 0.151 e. The molecule has 0 fully saturated rings. The van der Waals surface area contributed by atoms with Gasteiger partial charge in [-0.15, -0.1) is 0 Å². The van der Waals surface area contributed by atoms with Crippen molar-refractivity contribution in [2.45, 2.75) is 19.8 Å². The van der Waals surface area contributed by atoms with Gasteiger partial charge >= 0.3 is 0 Å². The van der Waals surface area contributed by atoms with Gasteiger partial charge in [-0.1, -0.05) is 25.1 Å².